The number of phenols is 2. The van der Waals surface area contributed by atoms with Crippen LogP contribution >= 0.6 is 0 Å². The highest BCUT2D eigenvalue weighted by Crippen LogP contribution is 2.35. The van der Waals surface area contributed by atoms with E-state index in [1.165, 1.54) is 17.0 Å². The molecule has 5 amide bonds. The molecular weight excluding hydrogens is 696 g/mol. The number of nitrogens with one attached hydrogen (secondary N) is 3. The van der Waals surface area contributed by atoms with Gasteiger partial charge in [-0.15, -0.1) is 0 Å². The first-order chi connectivity index (χ1) is 25.7. The van der Waals surface area contributed by atoms with E-state index in [4.69, 9.17) is 11.1 Å². The maximum atomic E-state index is 13.1. The zero-order chi connectivity index (χ0) is 38.8. The molecule has 3 aliphatic heterocycles. The number of phenolic OH excluding ortho intramolecular Hbond substituents is 2. The van der Waals surface area contributed by atoms with Gasteiger partial charge in [0.1, 0.15) is 23.4 Å². The van der Waals surface area contributed by atoms with Gasteiger partial charge in [0.2, 0.25) is 23.6 Å². The van der Waals surface area contributed by atoms with E-state index in [1.807, 2.05) is 26.0 Å². The molecule has 2 unspecified atom stereocenters. The second-order valence-electron chi connectivity index (χ2n) is 14.0. The monoisotopic (exact) mass is 740 g/mol. The average molecular weight is 741 g/mol. The molecule has 0 aromatic heterocycles. The largest absolute Gasteiger partial charge is 0.508 e. The SMILES string of the molecule is CC(C)c1cc(C(=N)N(c2ccc(CN3CCN(C(=O)CCC(=O)Nc4cccc5c4CN(C4CCC(=O)NC4=O)C5=O)C3)cc2)C(N)O)c(O)cc1O. The van der Waals surface area contributed by atoms with Crippen LogP contribution in [0.4, 0.5) is 11.4 Å². The minimum absolute atomic E-state index is 0.0107. The molecule has 0 saturated carbocycles. The first-order valence-corrected chi connectivity index (χ1v) is 17.7. The highest BCUT2D eigenvalue weighted by molar-refractivity contribution is 6.10. The Morgan fingerprint density at radius 3 is 2.46 bits per heavy atom. The van der Waals surface area contributed by atoms with Gasteiger partial charge in [-0.25, -0.2) is 0 Å². The molecule has 284 valence electrons. The number of fused-ring (bicyclic) bond motifs is 1. The summed E-state index contributed by atoms with van der Waals surface area (Å²) in [6, 6.07) is 13.9. The number of amidine groups is 1. The van der Waals surface area contributed by atoms with Crippen LogP contribution in [0.2, 0.25) is 0 Å². The molecule has 0 radical (unpaired) electrons. The normalized spacial score (nSPS) is 17.8. The van der Waals surface area contributed by atoms with Crippen molar-refractivity contribution in [3.63, 3.8) is 0 Å². The number of hydrogen-bond acceptors (Lipinski definition) is 11. The number of carbonyl (C=O) groups is 5. The number of piperidine rings is 1. The van der Waals surface area contributed by atoms with Gasteiger partial charge in [0.05, 0.1) is 12.2 Å². The third-order valence-corrected chi connectivity index (χ3v) is 9.98. The van der Waals surface area contributed by atoms with Crippen molar-refractivity contribution in [2.24, 2.45) is 5.73 Å². The summed E-state index contributed by atoms with van der Waals surface area (Å²) in [6.45, 7) is 5.83. The number of imide groups is 1. The quantitative estimate of drug-likeness (QED) is 0.0651. The predicted octanol–water partition coefficient (Wildman–Crippen LogP) is 2.07. The Hall–Kier alpha value is -5.84. The van der Waals surface area contributed by atoms with Crippen LogP contribution in [-0.4, -0.2) is 97.5 Å². The van der Waals surface area contributed by atoms with E-state index in [9.17, 15) is 39.3 Å². The van der Waals surface area contributed by atoms with Crippen LogP contribution in [0, 0.1) is 5.41 Å². The highest BCUT2D eigenvalue weighted by Gasteiger charge is 2.40. The summed E-state index contributed by atoms with van der Waals surface area (Å²) in [5.74, 6) is -2.54. The van der Waals surface area contributed by atoms with Crippen molar-refractivity contribution >= 4 is 46.7 Å². The van der Waals surface area contributed by atoms with Gasteiger partial charge in [0.25, 0.3) is 5.91 Å². The van der Waals surface area contributed by atoms with Gasteiger partial charge in [-0.05, 0) is 53.8 Å². The molecule has 3 heterocycles. The van der Waals surface area contributed by atoms with Gasteiger partial charge < -0.3 is 30.4 Å². The number of amides is 5. The van der Waals surface area contributed by atoms with Crippen LogP contribution in [0.5, 0.6) is 11.5 Å². The van der Waals surface area contributed by atoms with Gasteiger partial charge in [-0.1, -0.05) is 32.0 Å². The number of aliphatic hydroxyl groups excluding tert-OH is 1. The van der Waals surface area contributed by atoms with Crippen molar-refractivity contribution in [3.8, 4) is 11.5 Å². The van der Waals surface area contributed by atoms with Crippen molar-refractivity contribution in [2.45, 2.75) is 70.9 Å². The van der Waals surface area contributed by atoms with Gasteiger partial charge in [0, 0.05) is 74.0 Å². The highest BCUT2D eigenvalue weighted by atomic mass is 16.3. The lowest BCUT2D eigenvalue weighted by Crippen LogP contribution is -2.52. The lowest BCUT2D eigenvalue weighted by molar-refractivity contribution is -0.137. The molecule has 54 heavy (non-hydrogen) atoms. The molecular formula is C38H44N8O8. The number of nitrogens with two attached hydrogens (primary N) is 1. The van der Waals surface area contributed by atoms with Gasteiger partial charge in [0.15, 0.2) is 6.35 Å². The zero-order valence-corrected chi connectivity index (χ0v) is 30.0. The van der Waals surface area contributed by atoms with Crippen molar-refractivity contribution in [1.29, 1.82) is 5.41 Å². The van der Waals surface area contributed by atoms with Crippen molar-refractivity contribution in [2.75, 3.05) is 30.0 Å². The minimum Gasteiger partial charge on any atom is -0.508 e. The van der Waals surface area contributed by atoms with E-state index >= 15 is 0 Å². The molecule has 2 fully saturated rings. The number of rotatable bonds is 11. The molecule has 3 aromatic rings. The Labute approximate surface area is 311 Å². The fraction of sp³-hybridized carbons (Fsp3) is 0.368. The first-order valence-electron chi connectivity index (χ1n) is 17.7. The number of nitrogens with zero attached hydrogens (tertiary/aromatic N) is 4. The number of anilines is 2. The average Bonchev–Trinajstić information content (AvgIpc) is 3.72. The van der Waals surface area contributed by atoms with E-state index in [2.05, 4.69) is 15.5 Å². The lowest BCUT2D eigenvalue weighted by atomic mass is 9.98. The second kappa shape index (κ2) is 15.6. The maximum Gasteiger partial charge on any atom is 0.255 e. The van der Waals surface area contributed by atoms with Crippen LogP contribution in [0.3, 0.4) is 0 Å². The summed E-state index contributed by atoms with van der Waals surface area (Å²) in [5, 5.41) is 45.0. The topological polar surface area (TPSA) is 233 Å². The number of aliphatic hydroxyl groups is 1. The molecule has 3 aliphatic rings. The number of benzene rings is 3. The summed E-state index contributed by atoms with van der Waals surface area (Å²) < 4.78 is 0. The predicted molar refractivity (Wildman–Crippen MR) is 197 cm³/mol. The molecule has 6 rings (SSSR count). The number of aromatic hydroxyl groups is 2. The molecule has 2 atom stereocenters. The van der Waals surface area contributed by atoms with E-state index in [0.717, 1.165) is 10.5 Å². The molecule has 16 nitrogen and oxygen atoms in total. The van der Waals surface area contributed by atoms with E-state index in [0.29, 0.717) is 54.4 Å². The van der Waals surface area contributed by atoms with E-state index < -0.39 is 18.3 Å². The summed E-state index contributed by atoms with van der Waals surface area (Å²) in [4.78, 5) is 69.5. The fourth-order valence-corrected chi connectivity index (χ4v) is 7.08. The van der Waals surface area contributed by atoms with Crippen molar-refractivity contribution in [1.82, 2.24) is 20.0 Å². The molecule has 8 N–H and O–H groups in total. The molecule has 16 heteroatoms. The molecule has 3 aromatic carbocycles. The zero-order valence-electron chi connectivity index (χ0n) is 30.0. The van der Waals surface area contributed by atoms with E-state index in [-0.39, 0.29) is 84.7 Å². The Morgan fingerprint density at radius 2 is 1.78 bits per heavy atom. The second-order valence-corrected chi connectivity index (χ2v) is 14.0. The molecule has 0 aliphatic carbocycles. The minimum atomic E-state index is -1.59. The summed E-state index contributed by atoms with van der Waals surface area (Å²) in [7, 11) is 0. The van der Waals surface area contributed by atoms with Crippen molar-refractivity contribution < 1.29 is 39.3 Å². The van der Waals surface area contributed by atoms with Crippen LogP contribution in [-0.2, 0) is 32.3 Å². The fourth-order valence-electron chi connectivity index (χ4n) is 7.08. The smallest absolute Gasteiger partial charge is 0.255 e. The Morgan fingerprint density at radius 1 is 1.04 bits per heavy atom. The third kappa shape index (κ3) is 7.90. The summed E-state index contributed by atoms with van der Waals surface area (Å²) in [5.41, 5.74) is 9.20. The maximum absolute atomic E-state index is 13.1. The van der Waals surface area contributed by atoms with Crippen LogP contribution in [0.15, 0.2) is 54.6 Å². The number of hydrogen-bond donors (Lipinski definition) is 7. The molecule has 2 saturated heterocycles. The lowest BCUT2D eigenvalue weighted by Gasteiger charge is -2.29. The standard InChI is InChI=1S/C38H44N8O8/c1-21(2)25-16-26(31(48)17-30(25)47)35(39)46(38(40)54)23-8-6-22(7-9-23)18-43-14-15-44(20-43)34(51)13-12-32(49)41-28-5-3-4-24-27(28)19-45(37(24)53)29-10-11-33(50)42-36(29)52/h3-9,16-17,21,29,38-39,47-48,54H,10-15,18-20,40H2,1-2H3,(H,41,49)(H,42,50,52). The molecule has 0 bridgehead atoms. The Kier molecular flexibility index (Phi) is 11.0. The number of carbonyl (C=O) groups excluding carboxylic acids is 5. The molecule has 0 spiro atoms. The van der Waals surface area contributed by atoms with Gasteiger partial charge in [-0.3, -0.25) is 50.2 Å². The first kappa shape index (κ1) is 37.9. The third-order valence-electron chi connectivity index (χ3n) is 9.98. The summed E-state index contributed by atoms with van der Waals surface area (Å²) in [6.07, 6.45) is -1.30. The van der Waals surface area contributed by atoms with Gasteiger partial charge in [-0.2, -0.15) is 0 Å². The Balaban J connectivity index is 1.00. The Bertz CT molecular complexity index is 2000. The van der Waals surface area contributed by atoms with Crippen LogP contribution in [0.1, 0.15) is 78.1 Å². The van der Waals surface area contributed by atoms with Crippen molar-refractivity contribution in [3.05, 3.63) is 82.4 Å². The van der Waals surface area contributed by atoms with Gasteiger partial charge >= 0.3 is 0 Å². The summed E-state index contributed by atoms with van der Waals surface area (Å²) >= 11 is 0. The van der Waals surface area contributed by atoms with Crippen LogP contribution < -0.4 is 21.3 Å². The van der Waals surface area contributed by atoms with Crippen LogP contribution in [0.25, 0.3) is 0 Å². The van der Waals surface area contributed by atoms with E-state index in [1.54, 1.807) is 35.2 Å².